The number of nitrogens with one attached hydrogen (secondary N) is 3. The molecule has 4 atom stereocenters. The van der Waals surface area contributed by atoms with E-state index in [4.69, 9.17) is 10.5 Å². The first-order valence-electron chi connectivity index (χ1n) is 13.1. The van der Waals surface area contributed by atoms with Crippen molar-refractivity contribution < 1.29 is 46.7 Å². The maximum atomic E-state index is 13.6. The standard InChI is InChI=1S/C25H38F3N5O7/c1-13-8-10-33(17(13)21(37)31-15(18(35)20(29)36)7-9-25(26,27)28)22(38)19(24(2,3)4)32-23(39)30-11-16(34)40-12-14-5-6-14/h13-15,17,19H,5-12H2,1-4H3,(H2,29,36)(H,31,37)(H2,30,32,39)/t13?,15?,17-,19?/m0/s1. The van der Waals surface area contributed by atoms with E-state index in [0.29, 0.717) is 12.3 Å². The minimum atomic E-state index is -4.65. The second kappa shape index (κ2) is 13.3. The summed E-state index contributed by atoms with van der Waals surface area (Å²) in [5, 5.41) is 7.04. The average molecular weight is 578 g/mol. The fourth-order valence-corrected chi connectivity index (χ4v) is 4.30. The molecule has 0 spiro atoms. The topological polar surface area (TPSA) is 177 Å². The molecule has 40 heavy (non-hydrogen) atoms. The highest BCUT2D eigenvalue weighted by Gasteiger charge is 2.46. The highest BCUT2D eigenvalue weighted by Crippen LogP contribution is 2.30. The van der Waals surface area contributed by atoms with Crippen LogP contribution in [0.25, 0.3) is 0 Å². The molecule has 5 N–H and O–H groups in total. The zero-order chi connectivity index (χ0) is 30.4. The van der Waals surface area contributed by atoms with Gasteiger partial charge in [-0.1, -0.05) is 27.7 Å². The van der Waals surface area contributed by atoms with E-state index in [9.17, 15) is 41.9 Å². The van der Waals surface area contributed by atoms with Crippen LogP contribution in [0.3, 0.4) is 0 Å². The first kappa shape index (κ1) is 32.8. The summed E-state index contributed by atoms with van der Waals surface area (Å²) >= 11 is 0. The van der Waals surface area contributed by atoms with Gasteiger partial charge < -0.3 is 31.3 Å². The number of amides is 5. The molecule has 2 fully saturated rings. The van der Waals surface area contributed by atoms with Crippen LogP contribution in [0.2, 0.25) is 0 Å². The Morgan fingerprint density at radius 1 is 1.02 bits per heavy atom. The summed E-state index contributed by atoms with van der Waals surface area (Å²) in [5.41, 5.74) is 4.10. The molecule has 5 amide bonds. The van der Waals surface area contributed by atoms with Crippen LogP contribution in [0.4, 0.5) is 18.0 Å². The third kappa shape index (κ3) is 9.97. The van der Waals surface area contributed by atoms with Crippen molar-refractivity contribution in [3.8, 4) is 0 Å². The Labute approximate surface area is 230 Å². The third-order valence-corrected chi connectivity index (χ3v) is 6.80. The molecule has 3 unspecified atom stereocenters. The lowest BCUT2D eigenvalue weighted by Crippen LogP contribution is -2.60. The predicted octanol–water partition coefficient (Wildman–Crippen LogP) is 0.772. The van der Waals surface area contributed by atoms with E-state index < -0.39 is 90.5 Å². The molecule has 15 heteroatoms. The minimum absolute atomic E-state index is 0.0957. The van der Waals surface area contributed by atoms with E-state index in [2.05, 4.69) is 16.0 Å². The highest BCUT2D eigenvalue weighted by atomic mass is 19.4. The molecule has 1 aliphatic carbocycles. The number of ketones is 1. The quantitative estimate of drug-likeness (QED) is 0.196. The minimum Gasteiger partial charge on any atom is -0.464 e. The summed E-state index contributed by atoms with van der Waals surface area (Å²) in [4.78, 5) is 75.9. The van der Waals surface area contributed by atoms with Crippen LogP contribution < -0.4 is 21.7 Å². The van der Waals surface area contributed by atoms with Gasteiger partial charge in [0.05, 0.1) is 12.6 Å². The molecule has 2 aliphatic rings. The van der Waals surface area contributed by atoms with Crippen LogP contribution in [0, 0.1) is 17.3 Å². The molecule has 2 rings (SSSR count). The molecule has 12 nitrogen and oxygen atoms in total. The molecular weight excluding hydrogens is 539 g/mol. The van der Waals surface area contributed by atoms with E-state index in [-0.39, 0.29) is 13.2 Å². The fraction of sp³-hybridized carbons (Fsp3) is 0.760. The van der Waals surface area contributed by atoms with Crippen LogP contribution in [-0.2, 0) is 28.7 Å². The van der Waals surface area contributed by atoms with Crippen molar-refractivity contribution in [2.24, 2.45) is 23.0 Å². The maximum Gasteiger partial charge on any atom is 0.389 e. The Morgan fingerprint density at radius 2 is 1.65 bits per heavy atom. The summed E-state index contributed by atoms with van der Waals surface area (Å²) in [7, 11) is 0. The number of urea groups is 1. The molecule has 1 heterocycles. The largest absolute Gasteiger partial charge is 0.464 e. The van der Waals surface area contributed by atoms with Gasteiger partial charge in [-0.15, -0.1) is 0 Å². The van der Waals surface area contributed by atoms with Crippen molar-refractivity contribution in [1.82, 2.24) is 20.9 Å². The van der Waals surface area contributed by atoms with Crippen LogP contribution >= 0.6 is 0 Å². The highest BCUT2D eigenvalue weighted by molar-refractivity contribution is 6.37. The summed E-state index contributed by atoms with van der Waals surface area (Å²) in [6.07, 6.45) is -4.66. The van der Waals surface area contributed by atoms with E-state index in [1.54, 1.807) is 27.7 Å². The summed E-state index contributed by atoms with van der Waals surface area (Å²) < 4.78 is 43.4. The van der Waals surface area contributed by atoms with Crippen molar-refractivity contribution in [3.05, 3.63) is 0 Å². The van der Waals surface area contributed by atoms with Crippen molar-refractivity contribution in [3.63, 3.8) is 0 Å². The Morgan fingerprint density at radius 3 is 2.17 bits per heavy atom. The lowest BCUT2D eigenvalue weighted by atomic mass is 9.85. The van der Waals surface area contributed by atoms with E-state index >= 15 is 0 Å². The number of Topliss-reactive ketones (excluding diaryl/α,β-unsaturated/α-hetero) is 1. The molecule has 0 aromatic heterocycles. The van der Waals surface area contributed by atoms with Crippen LogP contribution in [0.5, 0.6) is 0 Å². The second-order valence-corrected chi connectivity index (χ2v) is 11.4. The Balaban J connectivity index is 2.11. The smallest absolute Gasteiger partial charge is 0.389 e. The van der Waals surface area contributed by atoms with Gasteiger partial charge in [0.15, 0.2) is 0 Å². The maximum absolute atomic E-state index is 13.6. The van der Waals surface area contributed by atoms with Gasteiger partial charge in [-0.3, -0.25) is 24.0 Å². The summed E-state index contributed by atoms with van der Waals surface area (Å²) in [5.74, 6) is -5.18. The number of nitrogens with two attached hydrogens (primary N) is 1. The lowest BCUT2D eigenvalue weighted by Gasteiger charge is -2.36. The number of hydrogen-bond acceptors (Lipinski definition) is 7. The number of halogens is 3. The zero-order valence-corrected chi connectivity index (χ0v) is 23.1. The number of carbonyl (C=O) groups excluding carboxylic acids is 6. The van der Waals surface area contributed by atoms with Crippen LogP contribution in [-0.4, -0.2) is 84.4 Å². The van der Waals surface area contributed by atoms with Crippen molar-refractivity contribution in [2.45, 2.75) is 84.1 Å². The third-order valence-electron chi connectivity index (χ3n) is 6.80. The van der Waals surface area contributed by atoms with E-state index in [1.807, 2.05) is 0 Å². The van der Waals surface area contributed by atoms with Crippen LogP contribution in [0.1, 0.15) is 59.8 Å². The first-order chi connectivity index (χ1) is 18.4. The molecule has 0 aromatic rings. The van der Waals surface area contributed by atoms with Crippen LogP contribution in [0.15, 0.2) is 0 Å². The molecule has 0 bridgehead atoms. The van der Waals surface area contributed by atoms with Gasteiger partial charge in [-0.25, -0.2) is 4.79 Å². The molecular formula is C25H38F3N5O7. The number of hydrogen-bond donors (Lipinski definition) is 4. The Hall–Kier alpha value is -3.39. The van der Waals surface area contributed by atoms with E-state index in [0.717, 1.165) is 12.8 Å². The number of ether oxygens (including phenoxy) is 1. The van der Waals surface area contributed by atoms with Gasteiger partial charge in [0.1, 0.15) is 18.6 Å². The first-order valence-corrected chi connectivity index (χ1v) is 13.1. The molecule has 1 saturated carbocycles. The van der Waals surface area contributed by atoms with E-state index in [1.165, 1.54) is 4.90 Å². The fourth-order valence-electron chi connectivity index (χ4n) is 4.30. The molecule has 226 valence electrons. The number of primary amides is 1. The molecule has 0 radical (unpaired) electrons. The number of alkyl halides is 3. The molecule has 1 saturated heterocycles. The van der Waals surface area contributed by atoms with Crippen molar-refractivity contribution in [2.75, 3.05) is 19.7 Å². The average Bonchev–Trinajstić information content (AvgIpc) is 3.59. The normalized spacial score (nSPS) is 20.7. The summed E-state index contributed by atoms with van der Waals surface area (Å²) in [6.45, 7) is 6.63. The lowest BCUT2D eigenvalue weighted by molar-refractivity contribution is -0.147. The van der Waals surface area contributed by atoms with Gasteiger partial charge >= 0.3 is 18.2 Å². The number of rotatable bonds is 12. The number of nitrogens with zero attached hydrogens (tertiary/aromatic N) is 1. The van der Waals surface area contributed by atoms with Gasteiger partial charge in [-0.05, 0) is 42.9 Å². The Kier molecular flexibility index (Phi) is 10.9. The van der Waals surface area contributed by atoms with Crippen molar-refractivity contribution >= 4 is 35.5 Å². The van der Waals surface area contributed by atoms with Crippen molar-refractivity contribution in [1.29, 1.82) is 0 Å². The van der Waals surface area contributed by atoms with Gasteiger partial charge in [-0.2, -0.15) is 13.2 Å². The van der Waals surface area contributed by atoms with Gasteiger partial charge in [0.25, 0.3) is 5.91 Å². The Bertz CT molecular complexity index is 994. The molecule has 1 aliphatic heterocycles. The second-order valence-electron chi connectivity index (χ2n) is 11.4. The summed E-state index contributed by atoms with van der Waals surface area (Å²) in [6, 6.07) is -4.99. The van der Waals surface area contributed by atoms with Gasteiger partial charge in [0, 0.05) is 13.0 Å². The van der Waals surface area contributed by atoms with Gasteiger partial charge in [0.2, 0.25) is 17.6 Å². The number of carbonyl (C=O) groups is 6. The SMILES string of the molecule is CC1CCN(C(=O)C(NC(=O)NCC(=O)OCC2CC2)C(C)(C)C)[C@@H]1C(=O)NC(CCC(F)(F)F)C(=O)C(N)=O. The predicted molar refractivity (Wildman–Crippen MR) is 134 cm³/mol. The monoisotopic (exact) mass is 577 g/mol. The zero-order valence-electron chi connectivity index (χ0n) is 23.1. The number of esters is 1. The molecule has 0 aromatic carbocycles. The number of likely N-dealkylation sites (tertiary alicyclic amines) is 1.